The van der Waals surface area contributed by atoms with Gasteiger partial charge in [0.2, 0.25) is 10.0 Å². The largest absolute Gasteiger partial charge is 0.505 e. The monoisotopic (exact) mass is 389 g/mol. The molecule has 0 aromatic heterocycles. The fourth-order valence-corrected chi connectivity index (χ4v) is 5.19. The maximum atomic E-state index is 12.4. The molecule has 2 N–H and O–H groups in total. The van der Waals surface area contributed by atoms with Crippen LogP contribution in [0.4, 0.5) is 0 Å². The average Bonchev–Trinajstić information content (AvgIpc) is 2.96. The van der Waals surface area contributed by atoms with Crippen molar-refractivity contribution >= 4 is 27.6 Å². The Morgan fingerprint density at radius 1 is 1.48 bits per heavy atom. The lowest BCUT2D eigenvalue weighted by Gasteiger charge is -2.43. The number of halogens is 1. The second-order valence-electron chi connectivity index (χ2n) is 6.58. The topological polar surface area (TPSA) is 102 Å². The van der Waals surface area contributed by atoms with Crippen molar-refractivity contribution in [1.82, 2.24) is 4.72 Å². The summed E-state index contributed by atoms with van der Waals surface area (Å²) in [4.78, 5) is 11.9. The third kappa shape index (κ3) is 2.91. The molecule has 4 rings (SSSR count). The predicted molar refractivity (Wildman–Crippen MR) is 89.9 cm³/mol. The Morgan fingerprint density at radius 3 is 2.80 bits per heavy atom. The number of para-hydroxylation sites is 1. The molecule has 9 heteroatoms. The van der Waals surface area contributed by atoms with Crippen LogP contribution in [0.1, 0.15) is 26.7 Å². The Hall–Kier alpha value is -1.35. The van der Waals surface area contributed by atoms with Gasteiger partial charge in [0.25, 0.3) is 0 Å². The van der Waals surface area contributed by atoms with E-state index in [1.165, 1.54) is 18.2 Å². The Morgan fingerprint density at radius 2 is 2.16 bits per heavy atom. The number of aromatic hydroxyl groups is 1. The first-order valence-electron chi connectivity index (χ1n) is 7.98. The second kappa shape index (κ2) is 6.12. The summed E-state index contributed by atoms with van der Waals surface area (Å²) in [5, 5.41) is 9.83. The number of esters is 1. The first-order chi connectivity index (χ1) is 11.7. The number of hydrogen-bond donors (Lipinski definition) is 2. The zero-order chi connectivity index (χ0) is 18.5. The summed E-state index contributed by atoms with van der Waals surface area (Å²) in [6.07, 6.45) is 0.476. The van der Waals surface area contributed by atoms with E-state index in [4.69, 9.17) is 21.1 Å². The average molecular weight is 390 g/mol. The number of phenolic OH excluding ortho intramolecular Hbond substituents is 1. The molecule has 2 saturated heterocycles. The summed E-state index contributed by atoms with van der Waals surface area (Å²) in [6.45, 7) is 3.84. The van der Waals surface area contributed by atoms with Gasteiger partial charge in [-0.3, -0.25) is 4.79 Å². The number of ether oxygens (including phenoxy) is 2. The van der Waals surface area contributed by atoms with Gasteiger partial charge in [0.05, 0.1) is 28.7 Å². The van der Waals surface area contributed by atoms with Gasteiger partial charge in [-0.25, -0.2) is 13.1 Å². The highest BCUT2D eigenvalue weighted by Gasteiger charge is 2.70. The van der Waals surface area contributed by atoms with E-state index in [0.717, 1.165) is 0 Å². The second-order valence-corrected chi connectivity index (χ2v) is 8.73. The Labute approximate surface area is 151 Å². The Bertz CT molecular complexity index is 803. The van der Waals surface area contributed by atoms with Crippen LogP contribution in [-0.4, -0.2) is 44.4 Å². The molecule has 0 radical (unpaired) electrons. The molecule has 1 atom stereocenters. The minimum absolute atomic E-state index is 0.00673. The molecule has 3 fully saturated rings. The van der Waals surface area contributed by atoms with Crippen LogP contribution >= 0.6 is 11.6 Å². The van der Waals surface area contributed by atoms with Crippen molar-refractivity contribution in [2.24, 2.45) is 5.41 Å². The minimum Gasteiger partial charge on any atom is -0.505 e. The molecule has 2 bridgehead atoms. The number of carbonyl (C=O) groups is 1. The first kappa shape index (κ1) is 18.4. The molecule has 1 aromatic carbocycles. The fraction of sp³-hybridized carbons (Fsp3) is 0.562. The molecular weight excluding hydrogens is 370 g/mol. The maximum absolute atomic E-state index is 12.4. The number of fused-ring (bicyclic) bond motifs is 1. The van der Waals surface area contributed by atoms with Crippen molar-refractivity contribution in [2.75, 3.05) is 13.2 Å². The van der Waals surface area contributed by atoms with Crippen LogP contribution in [0.2, 0.25) is 5.02 Å². The molecule has 0 spiro atoms. The minimum atomic E-state index is -3.96. The van der Waals surface area contributed by atoms with E-state index in [9.17, 15) is 18.3 Å². The number of rotatable bonds is 6. The van der Waals surface area contributed by atoms with Gasteiger partial charge in [-0.2, -0.15) is 0 Å². The van der Waals surface area contributed by atoms with Gasteiger partial charge in [0.1, 0.15) is 4.90 Å². The van der Waals surface area contributed by atoms with Crippen LogP contribution < -0.4 is 4.72 Å². The lowest BCUT2D eigenvalue weighted by atomic mass is 9.60. The van der Waals surface area contributed by atoms with Gasteiger partial charge in [-0.1, -0.05) is 17.7 Å². The van der Waals surface area contributed by atoms with Crippen molar-refractivity contribution in [2.45, 2.75) is 43.3 Å². The predicted octanol–water partition coefficient (Wildman–Crippen LogP) is 1.82. The van der Waals surface area contributed by atoms with E-state index >= 15 is 0 Å². The number of hydrogen-bond acceptors (Lipinski definition) is 6. The van der Waals surface area contributed by atoms with Gasteiger partial charge >= 0.3 is 5.97 Å². The summed E-state index contributed by atoms with van der Waals surface area (Å²) < 4.78 is 38.3. The smallest absolute Gasteiger partial charge is 0.314 e. The van der Waals surface area contributed by atoms with Crippen LogP contribution in [0.15, 0.2) is 23.1 Å². The summed E-state index contributed by atoms with van der Waals surface area (Å²) in [5.41, 5.74) is -1.42. The zero-order valence-corrected chi connectivity index (χ0v) is 15.5. The van der Waals surface area contributed by atoms with Crippen LogP contribution in [0, 0.1) is 5.41 Å². The van der Waals surface area contributed by atoms with Crippen molar-refractivity contribution in [3.63, 3.8) is 0 Å². The molecule has 3 aliphatic rings. The summed E-state index contributed by atoms with van der Waals surface area (Å²) in [6, 6.07) is 4.11. The van der Waals surface area contributed by atoms with E-state index in [2.05, 4.69) is 4.72 Å². The van der Waals surface area contributed by atoms with Crippen molar-refractivity contribution in [1.29, 1.82) is 0 Å². The lowest BCUT2D eigenvalue weighted by Crippen LogP contribution is -2.55. The van der Waals surface area contributed by atoms with Crippen molar-refractivity contribution < 1.29 is 27.8 Å². The molecule has 1 saturated carbocycles. The highest BCUT2D eigenvalue weighted by molar-refractivity contribution is 7.89. The standard InChI is InChI=1S/C16H20ClNO6S/c1-3-23-14(20)16-7-15(8-16,24-10(16)2)9-18-25(21,22)12-6-4-5-11(17)13(12)19/h4-6,10,18-19H,3,7-9H2,1-2H3. The molecule has 25 heavy (non-hydrogen) atoms. The molecule has 2 aliphatic heterocycles. The molecule has 2 heterocycles. The maximum Gasteiger partial charge on any atom is 0.314 e. The summed E-state index contributed by atoms with van der Waals surface area (Å²) in [5.74, 6) is -0.796. The van der Waals surface area contributed by atoms with E-state index in [1.807, 2.05) is 0 Å². The highest BCUT2D eigenvalue weighted by atomic mass is 35.5. The molecular formula is C16H20ClNO6S. The zero-order valence-electron chi connectivity index (χ0n) is 13.9. The van der Waals surface area contributed by atoms with Gasteiger partial charge in [-0.15, -0.1) is 0 Å². The number of sulfonamides is 1. The van der Waals surface area contributed by atoms with Crippen LogP contribution in [0.25, 0.3) is 0 Å². The number of benzene rings is 1. The summed E-state index contributed by atoms with van der Waals surface area (Å²) in [7, 11) is -3.96. The third-order valence-electron chi connectivity index (χ3n) is 4.99. The SMILES string of the molecule is CCOC(=O)C12CC(CNS(=O)(=O)c3cccc(Cl)c3O)(C1)OC2C. The van der Waals surface area contributed by atoms with Gasteiger partial charge in [0, 0.05) is 6.54 Å². The van der Waals surface area contributed by atoms with Crippen LogP contribution in [-0.2, 0) is 24.3 Å². The van der Waals surface area contributed by atoms with E-state index < -0.39 is 26.8 Å². The van der Waals surface area contributed by atoms with Crippen molar-refractivity contribution in [3.8, 4) is 5.75 Å². The molecule has 1 unspecified atom stereocenters. The van der Waals surface area contributed by atoms with E-state index in [1.54, 1.807) is 13.8 Å². The molecule has 138 valence electrons. The van der Waals surface area contributed by atoms with Crippen molar-refractivity contribution in [3.05, 3.63) is 23.2 Å². The Balaban J connectivity index is 1.71. The van der Waals surface area contributed by atoms with Crippen LogP contribution in [0.5, 0.6) is 5.75 Å². The molecule has 1 aliphatic carbocycles. The van der Waals surface area contributed by atoms with Gasteiger partial charge in [0.15, 0.2) is 5.75 Å². The molecule has 1 aromatic rings. The summed E-state index contributed by atoms with van der Waals surface area (Å²) >= 11 is 5.77. The number of carbonyl (C=O) groups excluding carboxylic acids is 1. The Kier molecular flexibility index (Phi) is 4.51. The number of phenols is 1. The quantitative estimate of drug-likeness (QED) is 0.719. The molecule has 0 amide bonds. The third-order valence-corrected chi connectivity index (χ3v) is 6.72. The fourth-order valence-electron chi connectivity index (χ4n) is 3.73. The lowest BCUT2D eigenvalue weighted by molar-refractivity contribution is -0.161. The molecule has 7 nitrogen and oxygen atoms in total. The number of nitrogens with one attached hydrogen (secondary N) is 1. The highest BCUT2D eigenvalue weighted by Crippen LogP contribution is 2.61. The van der Waals surface area contributed by atoms with E-state index in [0.29, 0.717) is 19.4 Å². The van der Waals surface area contributed by atoms with Crippen LogP contribution in [0.3, 0.4) is 0 Å². The normalized spacial score (nSPS) is 30.8. The van der Waals surface area contributed by atoms with Gasteiger partial charge < -0.3 is 14.6 Å². The van der Waals surface area contributed by atoms with E-state index in [-0.39, 0.29) is 28.5 Å². The van der Waals surface area contributed by atoms with Gasteiger partial charge in [-0.05, 0) is 38.8 Å². The first-order valence-corrected chi connectivity index (χ1v) is 9.84.